The molecule has 0 saturated carbocycles. The van der Waals surface area contributed by atoms with Crippen molar-refractivity contribution in [1.29, 1.82) is 0 Å². The Balaban J connectivity index is 1.68. The van der Waals surface area contributed by atoms with Crippen LogP contribution in [0.3, 0.4) is 0 Å². The summed E-state index contributed by atoms with van der Waals surface area (Å²) in [4.78, 5) is 14.8. The number of thiocarbonyl (C=S) groups is 1. The van der Waals surface area contributed by atoms with Crippen LogP contribution >= 0.6 is 12.2 Å². The number of anilines is 2. The first-order valence-electron chi connectivity index (χ1n) is 9.48. The highest BCUT2D eigenvalue weighted by molar-refractivity contribution is 7.80. The number of hydrogen-bond donors (Lipinski definition) is 2. The van der Waals surface area contributed by atoms with Gasteiger partial charge in [-0.1, -0.05) is 30.3 Å². The Bertz CT molecular complexity index is 1010. The lowest BCUT2D eigenvalue weighted by Crippen LogP contribution is -2.34. The Morgan fingerprint density at radius 3 is 2.36 bits per heavy atom. The third-order valence-corrected chi connectivity index (χ3v) is 5.03. The van der Waals surface area contributed by atoms with Crippen LogP contribution in [0.4, 0.5) is 11.4 Å². The molecular formula is C23H25N3OS. The van der Waals surface area contributed by atoms with Crippen LogP contribution in [0, 0.1) is 6.92 Å². The van der Waals surface area contributed by atoms with Crippen molar-refractivity contribution in [3.8, 4) is 0 Å². The van der Waals surface area contributed by atoms with Crippen molar-refractivity contribution in [1.82, 2.24) is 5.32 Å². The highest BCUT2D eigenvalue weighted by Crippen LogP contribution is 2.22. The van der Waals surface area contributed by atoms with Gasteiger partial charge in [0, 0.05) is 30.0 Å². The normalized spacial score (nSPS) is 10.5. The maximum atomic E-state index is 12.5. The molecule has 144 valence electrons. The quantitative estimate of drug-likeness (QED) is 0.593. The van der Waals surface area contributed by atoms with Crippen LogP contribution in [0.1, 0.15) is 29.8 Å². The van der Waals surface area contributed by atoms with Gasteiger partial charge in [-0.25, -0.2) is 0 Å². The minimum atomic E-state index is -0.222. The van der Waals surface area contributed by atoms with E-state index in [-0.39, 0.29) is 11.0 Å². The van der Waals surface area contributed by atoms with Gasteiger partial charge in [0.25, 0.3) is 5.91 Å². The van der Waals surface area contributed by atoms with E-state index in [2.05, 4.69) is 41.5 Å². The van der Waals surface area contributed by atoms with Crippen LogP contribution < -0.4 is 15.5 Å². The molecule has 0 bridgehead atoms. The molecule has 0 heterocycles. The summed E-state index contributed by atoms with van der Waals surface area (Å²) in [7, 11) is 0. The number of amides is 1. The van der Waals surface area contributed by atoms with Gasteiger partial charge in [-0.3, -0.25) is 10.1 Å². The fourth-order valence-corrected chi connectivity index (χ4v) is 3.44. The average molecular weight is 392 g/mol. The second-order valence-corrected chi connectivity index (χ2v) is 7.05. The molecule has 0 spiro atoms. The van der Waals surface area contributed by atoms with E-state index in [0.717, 1.165) is 35.1 Å². The van der Waals surface area contributed by atoms with Crippen molar-refractivity contribution in [2.45, 2.75) is 20.8 Å². The Labute approximate surface area is 171 Å². The van der Waals surface area contributed by atoms with Crippen LogP contribution in [0.25, 0.3) is 10.8 Å². The number of carbonyl (C=O) groups excluding carboxylic acids is 1. The second-order valence-electron chi connectivity index (χ2n) is 6.64. The predicted octanol–water partition coefficient (Wildman–Crippen LogP) is 5.12. The maximum absolute atomic E-state index is 12.5. The zero-order valence-corrected chi connectivity index (χ0v) is 17.3. The molecule has 3 aromatic rings. The standard InChI is InChI=1S/C23H25N3OS/c1-4-26(5-2)20-12-13-21(16(3)14-20)24-23(28)25-22(27)19-11-10-17-8-6-7-9-18(17)15-19/h6-15H,4-5H2,1-3H3,(H2,24,25,27,28). The van der Waals surface area contributed by atoms with Gasteiger partial charge in [-0.2, -0.15) is 0 Å². The van der Waals surface area contributed by atoms with E-state index in [1.807, 2.05) is 55.5 Å². The van der Waals surface area contributed by atoms with E-state index < -0.39 is 0 Å². The van der Waals surface area contributed by atoms with Crippen molar-refractivity contribution >= 4 is 45.4 Å². The molecule has 0 radical (unpaired) electrons. The van der Waals surface area contributed by atoms with Gasteiger partial charge in [0.2, 0.25) is 0 Å². The maximum Gasteiger partial charge on any atom is 0.257 e. The number of benzene rings is 3. The van der Waals surface area contributed by atoms with Crippen LogP contribution in [0.2, 0.25) is 0 Å². The third-order valence-electron chi connectivity index (χ3n) is 4.83. The van der Waals surface area contributed by atoms with Gasteiger partial charge in [-0.15, -0.1) is 0 Å². The van der Waals surface area contributed by atoms with E-state index >= 15 is 0 Å². The number of nitrogens with one attached hydrogen (secondary N) is 2. The number of nitrogens with zero attached hydrogens (tertiary/aromatic N) is 1. The van der Waals surface area contributed by atoms with Gasteiger partial charge in [0.1, 0.15) is 0 Å². The Morgan fingerprint density at radius 1 is 0.964 bits per heavy atom. The molecule has 2 N–H and O–H groups in total. The lowest BCUT2D eigenvalue weighted by molar-refractivity contribution is 0.0978. The van der Waals surface area contributed by atoms with Crippen LogP contribution in [0.5, 0.6) is 0 Å². The fourth-order valence-electron chi connectivity index (χ4n) is 3.23. The smallest absolute Gasteiger partial charge is 0.257 e. The molecule has 0 atom stereocenters. The summed E-state index contributed by atoms with van der Waals surface area (Å²) in [5, 5.41) is 8.31. The summed E-state index contributed by atoms with van der Waals surface area (Å²) in [5.41, 5.74) is 3.72. The van der Waals surface area contributed by atoms with E-state index in [9.17, 15) is 4.79 Å². The topological polar surface area (TPSA) is 44.4 Å². The molecule has 0 aliphatic rings. The first-order chi connectivity index (χ1) is 13.5. The molecule has 1 amide bonds. The van der Waals surface area contributed by atoms with Crippen molar-refractivity contribution in [3.63, 3.8) is 0 Å². The molecule has 0 aliphatic carbocycles. The summed E-state index contributed by atoms with van der Waals surface area (Å²) in [5.74, 6) is -0.222. The monoisotopic (exact) mass is 391 g/mol. The minimum absolute atomic E-state index is 0.222. The molecule has 3 aromatic carbocycles. The van der Waals surface area contributed by atoms with E-state index in [1.54, 1.807) is 0 Å². The molecule has 0 aliphatic heterocycles. The van der Waals surface area contributed by atoms with Gasteiger partial charge in [-0.05, 0) is 79.7 Å². The molecule has 0 saturated heterocycles. The summed E-state index contributed by atoms with van der Waals surface area (Å²) in [6, 6.07) is 19.8. The van der Waals surface area contributed by atoms with Crippen molar-refractivity contribution in [2.24, 2.45) is 0 Å². The van der Waals surface area contributed by atoms with Crippen LogP contribution in [-0.4, -0.2) is 24.1 Å². The predicted molar refractivity (Wildman–Crippen MR) is 122 cm³/mol. The highest BCUT2D eigenvalue weighted by Gasteiger charge is 2.10. The van der Waals surface area contributed by atoms with Crippen LogP contribution in [0.15, 0.2) is 60.7 Å². The molecule has 4 nitrogen and oxygen atoms in total. The molecule has 0 fully saturated rings. The summed E-state index contributed by atoms with van der Waals surface area (Å²) in [6.45, 7) is 8.24. The zero-order valence-electron chi connectivity index (χ0n) is 16.5. The largest absolute Gasteiger partial charge is 0.372 e. The minimum Gasteiger partial charge on any atom is -0.372 e. The highest BCUT2D eigenvalue weighted by atomic mass is 32.1. The summed E-state index contributed by atoms with van der Waals surface area (Å²) < 4.78 is 0. The van der Waals surface area contributed by atoms with Gasteiger partial charge in [0.05, 0.1) is 0 Å². The van der Waals surface area contributed by atoms with Gasteiger partial charge < -0.3 is 10.2 Å². The SMILES string of the molecule is CCN(CC)c1ccc(NC(=S)NC(=O)c2ccc3ccccc3c2)c(C)c1. The van der Waals surface area contributed by atoms with E-state index in [0.29, 0.717) is 5.56 Å². The average Bonchev–Trinajstić information content (AvgIpc) is 2.70. The number of aryl methyl sites for hydroxylation is 1. The lowest BCUT2D eigenvalue weighted by Gasteiger charge is -2.22. The Morgan fingerprint density at radius 2 is 1.68 bits per heavy atom. The number of rotatable bonds is 5. The summed E-state index contributed by atoms with van der Waals surface area (Å²) >= 11 is 5.34. The molecule has 28 heavy (non-hydrogen) atoms. The first kappa shape index (κ1) is 19.8. The Kier molecular flexibility index (Phi) is 6.26. The Hall–Kier alpha value is -2.92. The zero-order chi connectivity index (χ0) is 20.1. The molecule has 0 aromatic heterocycles. The fraction of sp³-hybridized carbons (Fsp3) is 0.217. The van der Waals surface area contributed by atoms with Gasteiger partial charge in [0.15, 0.2) is 5.11 Å². The molecule has 0 unspecified atom stereocenters. The second kappa shape index (κ2) is 8.85. The van der Waals surface area contributed by atoms with E-state index in [1.165, 1.54) is 5.69 Å². The third kappa shape index (κ3) is 4.49. The lowest BCUT2D eigenvalue weighted by atomic mass is 10.1. The number of carbonyl (C=O) groups is 1. The van der Waals surface area contributed by atoms with Crippen LogP contribution in [-0.2, 0) is 0 Å². The molecular weight excluding hydrogens is 366 g/mol. The first-order valence-corrected chi connectivity index (χ1v) is 9.89. The number of hydrogen-bond acceptors (Lipinski definition) is 3. The summed E-state index contributed by atoms with van der Waals surface area (Å²) in [6.07, 6.45) is 0. The van der Waals surface area contributed by atoms with Crippen molar-refractivity contribution < 1.29 is 4.79 Å². The molecule has 3 rings (SSSR count). The van der Waals surface area contributed by atoms with Crippen molar-refractivity contribution in [2.75, 3.05) is 23.3 Å². The van der Waals surface area contributed by atoms with Gasteiger partial charge >= 0.3 is 0 Å². The van der Waals surface area contributed by atoms with Crippen molar-refractivity contribution in [3.05, 3.63) is 71.8 Å². The van der Waals surface area contributed by atoms with E-state index in [4.69, 9.17) is 12.2 Å². The number of fused-ring (bicyclic) bond motifs is 1. The molecule has 5 heteroatoms.